The number of hydrogen-bond acceptors (Lipinski definition) is 5. The van der Waals surface area contributed by atoms with Crippen molar-refractivity contribution < 1.29 is 18.9 Å². The monoisotopic (exact) mass is 459 g/mol. The Bertz CT molecular complexity index is 1020. The normalized spacial score (nSPS) is 28.1. The van der Waals surface area contributed by atoms with Gasteiger partial charge < -0.3 is 24.7 Å². The van der Waals surface area contributed by atoms with Gasteiger partial charge in [0.2, 0.25) is 0 Å². The third kappa shape index (κ3) is 5.24. The van der Waals surface area contributed by atoms with E-state index in [-0.39, 0.29) is 24.4 Å². The molecule has 2 aliphatic heterocycles. The largest absolute Gasteiger partial charge is 0.374 e. The van der Waals surface area contributed by atoms with Crippen LogP contribution < -0.4 is 5.73 Å². The second-order valence-electron chi connectivity index (χ2n) is 9.29. The van der Waals surface area contributed by atoms with Gasteiger partial charge in [0, 0.05) is 0 Å². The van der Waals surface area contributed by atoms with Gasteiger partial charge in [-0.2, -0.15) is 0 Å². The zero-order valence-electron chi connectivity index (χ0n) is 19.4. The molecular formula is C29H33NO4. The lowest BCUT2D eigenvalue weighted by atomic mass is 9.88. The molecule has 5 atom stereocenters. The molecule has 2 bridgehead atoms. The van der Waals surface area contributed by atoms with Gasteiger partial charge in [0.1, 0.15) is 17.8 Å². The van der Waals surface area contributed by atoms with Crippen LogP contribution in [0, 0.1) is 0 Å². The van der Waals surface area contributed by atoms with Crippen molar-refractivity contribution in [2.75, 3.05) is 6.61 Å². The van der Waals surface area contributed by atoms with Gasteiger partial charge in [-0.15, -0.1) is 0 Å². The van der Waals surface area contributed by atoms with E-state index in [4.69, 9.17) is 24.7 Å². The van der Waals surface area contributed by atoms with Gasteiger partial charge in [-0.1, -0.05) is 91.0 Å². The molecule has 0 radical (unpaired) electrons. The fraction of sp³-hybridized carbons (Fsp3) is 0.379. The molecular weight excluding hydrogens is 426 g/mol. The van der Waals surface area contributed by atoms with E-state index in [2.05, 4.69) is 36.4 Å². The zero-order valence-corrected chi connectivity index (χ0v) is 19.4. The van der Waals surface area contributed by atoms with E-state index in [0.29, 0.717) is 26.4 Å². The number of fused-ring (bicyclic) bond motifs is 2. The van der Waals surface area contributed by atoms with Crippen molar-refractivity contribution in [1.29, 1.82) is 0 Å². The minimum Gasteiger partial charge on any atom is -0.374 e. The molecule has 3 aromatic rings. The Kier molecular flexibility index (Phi) is 7.38. The second kappa shape index (κ2) is 10.8. The van der Waals surface area contributed by atoms with E-state index in [1.165, 1.54) is 0 Å². The summed E-state index contributed by atoms with van der Waals surface area (Å²) in [5, 5.41) is 0. The summed E-state index contributed by atoms with van der Waals surface area (Å²) in [6.07, 6.45) is 1.04. The van der Waals surface area contributed by atoms with Gasteiger partial charge >= 0.3 is 0 Å². The highest BCUT2D eigenvalue weighted by Crippen LogP contribution is 2.44. The predicted molar refractivity (Wildman–Crippen MR) is 131 cm³/mol. The van der Waals surface area contributed by atoms with E-state index in [9.17, 15) is 0 Å². The number of hydrogen-bond donors (Lipinski definition) is 1. The van der Waals surface area contributed by atoms with Gasteiger partial charge in [0.25, 0.3) is 0 Å². The molecule has 5 rings (SSSR count). The molecule has 5 heteroatoms. The maximum absolute atomic E-state index is 6.69. The average molecular weight is 460 g/mol. The van der Waals surface area contributed by atoms with Crippen molar-refractivity contribution in [3.05, 3.63) is 108 Å². The van der Waals surface area contributed by atoms with Crippen LogP contribution >= 0.6 is 0 Å². The van der Waals surface area contributed by atoms with Crippen LogP contribution in [0.25, 0.3) is 0 Å². The fourth-order valence-corrected chi connectivity index (χ4v) is 5.08. The molecule has 0 amide bonds. The smallest absolute Gasteiger partial charge is 0.121 e. The van der Waals surface area contributed by atoms with Gasteiger partial charge in [-0.25, -0.2) is 0 Å². The molecule has 5 nitrogen and oxygen atoms in total. The van der Waals surface area contributed by atoms with Crippen molar-refractivity contribution in [2.45, 2.75) is 62.6 Å². The van der Waals surface area contributed by atoms with Crippen LogP contribution in [0.1, 0.15) is 29.5 Å². The summed E-state index contributed by atoms with van der Waals surface area (Å²) in [6.45, 7) is 1.93. The first-order valence-corrected chi connectivity index (χ1v) is 12.1. The Morgan fingerprint density at radius 2 is 1.26 bits per heavy atom. The average Bonchev–Trinajstić information content (AvgIpc) is 3.28. The summed E-state index contributed by atoms with van der Waals surface area (Å²) in [7, 11) is 0. The van der Waals surface area contributed by atoms with Crippen LogP contribution in [0.3, 0.4) is 0 Å². The molecule has 34 heavy (non-hydrogen) atoms. The molecule has 2 saturated heterocycles. The number of benzene rings is 3. The summed E-state index contributed by atoms with van der Waals surface area (Å²) in [5.74, 6) is 0. The fourth-order valence-electron chi connectivity index (χ4n) is 5.08. The third-order valence-corrected chi connectivity index (χ3v) is 6.88. The van der Waals surface area contributed by atoms with E-state index >= 15 is 0 Å². The molecule has 3 aromatic carbocycles. The summed E-state index contributed by atoms with van der Waals surface area (Å²) in [6, 6.07) is 30.3. The van der Waals surface area contributed by atoms with Crippen LogP contribution in [0.4, 0.5) is 0 Å². The minimum atomic E-state index is -0.578. The Balaban J connectivity index is 1.34. The highest BCUT2D eigenvalue weighted by atomic mass is 16.6. The standard InChI is InChI=1S/C29H33NO4/c30-26-25-16-17-29(34-25,21-31-18-22-10-4-1-5-11-22)28(33-20-24-14-8-3-9-15-24)27(26)32-19-23-12-6-2-7-13-23/h1-15,25-28H,16-21,30H2/t25-,26+,27-,28-,29-/m1/s1. The molecule has 2 aliphatic rings. The molecule has 178 valence electrons. The first-order valence-electron chi connectivity index (χ1n) is 12.1. The van der Waals surface area contributed by atoms with Crippen molar-refractivity contribution in [3.8, 4) is 0 Å². The third-order valence-electron chi connectivity index (χ3n) is 6.88. The summed E-state index contributed by atoms with van der Waals surface area (Å²) in [5.41, 5.74) is 9.48. The van der Waals surface area contributed by atoms with Crippen LogP contribution in [0.2, 0.25) is 0 Å². The van der Waals surface area contributed by atoms with Crippen LogP contribution in [0.5, 0.6) is 0 Å². The molecule has 0 aromatic heterocycles. The number of rotatable bonds is 10. The topological polar surface area (TPSA) is 62.9 Å². The number of ether oxygens (including phenoxy) is 4. The van der Waals surface area contributed by atoms with Crippen LogP contribution in [-0.2, 0) is 38.8 Å². The predicted octanol–water partition coefficient (Wildman–Crippen LogP) is 4.63. The van der Waals surface area contributed by atoms with E-state index in [1.54, 1.807) is 0 Å². The number of nitrogens with two attached hydrogens (primary N) is 1. The summed E-state index contributed by atoms with van der Waals surface area (Å²) >= 11 is 0. The first kappa shape index (κ1) is 23.2. The Hall–Kier alpha value is -2.54. The molecule has 2 N–H and O–H groups in total. The van der Waals surface area contributed by atoms with Crippen molar-refractivity contribution in [3.63, 3.8) is 0 Å². The van der Waals surface area contributed by atoms with Gasteiger partial charge in [0.05, 0.1) is 38.6 Å². The van der Waals surface area contributed by atoms with Crippen molar-refractivity contribution >= 4 is 0 Å². The molecule has 0 aliphatic carbocycles. The lowest BCUT2D eigenvalue weighted by Crippen LogP contribution is -2.65. The maximum atomic E-state index is 6.69. The Morgan fingerprint density at radius 1 is 0.735 bits per heavy atom. The van der Waals surface area contributed by atoms with Crippen molar-refractivity contribution in [1.82, 2.24) is 0 Å². The highest BCUT2D eigenvalue weighted by molar-refractivity contribution is 5.17. The summed E-state index contributed by atoms with van der Waals surface area (Å²) < 4.78 is 25.8. The minimum absolute atomic E-state index is 0.0577. The molecule has 0 spiro atoms. The second-order valence-corrected chi connectivity index (χ2v) is 9.29. The van der Waals surface area contributed by atoms with Crippen LogP contribution in [-0.4, -0.2) is 36.6 Å². The van der Waals surface area contributed by atoms with E-state index < -0.39 is 5.60 Å². The molecule has 2 fully saturated rings. The lowest BCUT2D eigenvalue weighted by Gasteiger charge is -2.47. The van der Waals surface area contributed by atoms with E-state index in [1.807, 2.05) is 54.6 Å². The zero-order chi connectivity index (χ0) is 23.2. The summed E-state index contributed by atoms with van der Waals surface area (Å²) in [4.78, 5) is 0. The van der Waals surface area contributed by atoms with E-state index in [0.717, 1.165) is 29.5 Å². The highest BCUT2D eigenvalue weighted by Gasteiger charge is 2.59. The van der Waals surface area contributed by atoms with Crippen LogP contribution in [0.15, 0.2) is 91.0 Å². The van der Waals surface area contributed by atoms with Gasteiger partial charge in [0.15, 0.2) is 0 Å². The molecule has 0 saturated carbocycles. The van der Waals surface area contributed by atoms with Gasteiger partial charge in [-0.3, -0.25) is 0 Å². The first-order chi connectivity index (χ1) is 16.7. The quantitative estimate of drug-likeness (QED) is 0.479. The molecule has 2 heterocycles. The van der Waals surface area contributed by atoms with Gasteiger partial charge in [-0.05, 0) is 29.5 Å². The SMILES string of the molecule is N[C@@H]1[C@@H](OCc2ccccc2)[C@@H](OCc2ccccc2)[C@]2(COCc3ccccc3)CC[C@H]1O2. The Labute approximate surface area is 201 Å². The lowest BCUT2D eigenvalue weighted by molar-refractivity contribution is -0.251. The maximum Gasteiger partial charge on any atom is 0.121 e. The Morgan fingerprint density at radius 3 is 1.85 bits per heavy atom. The van der Waals surface area contributed by atoms with Crippen molar-refractivity contribution in [2.24, 2.45) is 5.73 Å². The molecule has 0 unspecified atom stereocenters.